The molecule has 0 radical (unpaired) electrons. The molecule has 0 bridgehead atoms. The molecule has 4 rings (SSSR count). The van der Waals surface area contributed by atoms with Gasteiger partial charge in [-0.05, 0) is 84.6 Å². The number of rotatable bonds is 6. The Kier molecular flexibility index (Phi) is 8.85. The third kappa shape index (κ3) is 6.07. The number of halogens is 8. The van der Waals surface area contributed by atoms with Gasteiger partial charge in [-0.25, -0.2) is 0 Å². The highest BCUT2D eigenvalue weighted by molar-refractivity contribution is 6.34. The first-order chi connectivity index (χ1) is 20.1. The number of hydrogen-bond donors (Lipinski definition) is 2. The fourth-order valence-electron chi connectivity index (χ4n) is 4.85. The summed E-state index contributed by atoms with van der Waals surface area (Å²) >= 11 is 12.4. The van der Waals surface area contributed by atoms with Crippen LogP contribution in [0.4, 0.5) is 37.7 Å². The van der Waals surface area contributed by atoms with Crippen LogP contribution in [0.1, 0.15) is 43.0 Å². The molecule has 2 N–H and O–H groups in total. The molecule has 4 nitrogen and oxygen atoms in total. The van der Waals surface area contributed by atoms with Gasteiger partial charge in [-0.3, -0.25) is 9.59 Å². The summed E-state index contributed by atoms with van der Waals surface area (Å²) in [4.78, 5) is 25.2. The van der Waals surface area contributed by atoms with Crippen LogP contribution < -0.4 is 10.6 Å². The van der Waals surface area contributed by atoms with Gasteiger partial charge in [0.1, 0.15) is 0 Å². The van der Waals surface area contributed by atoms with Crippen molar-refractivity contribution in [3.05, 3.63) is 128 Å². The number of anilines is 2. The highest BCUT2D eigenvalue weighted by Gasteiger charge is 2.73. The van der Waals surface area contributed by atoms with Gasteiger partial charge in [0.25, 0.3) is 11.8 Å². The number of alkyl halides is 6. The van der Waals surface area contributed by atoms with Crippen LogP contribution in [0.2, 0.25) is 10.0 Å². The lowest BCUT2D eigenvalue weighted by atomic mass is 9.69. The van der Waals surface area contributed by atoms with Crippen LogP contribution in [0.25, 0.3) is 0 Å². The van der Waals surface area contributed by atoms with E-state index in [0.29, 0.717) is 12.1 Å². The summed E-state index contributed by atoms with van der Waals surface area (Å²) in [6.45, 7) is 2.11. The maximum Gasteiger partial charge on any atom is 0.411 e. The van der Waals surface area contributed by atoms with Gasteiger partial charge in [0.05, 0.1) is 21.4 Å². The molecule has 4 aromatic rings. The van der Waals surface area contributed by atoms with Crippen molar-refractivity contribution in [3.8, 4) is 0 Å². The number of nitrogens with one attached hydrogen (secondary N) is 2. The Bertz CT molecular complexity index is 1550. The average Bonchev–Trinajstić information content (AvgIpc) is 2.93. The van der Waals surface area contributed by atoms with Gasteiger partial charge in [0.2, 0.25) is 5.41 Å². The van der Waals surface area contributed by atoms with Crippen molar-refractivity contribution in [2.45, 2.75) is 31.6 Å². The molecule has 0 aromatic heterocycles. The molecule has 0 aliphatic rings. The number of aryl methyl sites for hydroxylation is 2. The van der Waals surface area contributed by atoms with Gasteiger partial charge >= 0.3 is 12.4 Å². The van der Waals surface area contributed by atoms with Crippen LogP contribution in [0, 0.1) is 13.8 Å². The molecular weight excluding hydrogens is 617 g/mol. The smallest absolute Gasteiger partial charge is 0.321 e. The van der Waals surface area contributed by atoms with E-state index < -0.39 is 61.9 Å². The zero-order valence-electron chi connectivity index (χ0n) is 22.4. The minimum absolute atomic E-state index is 0.177. The fraction of sp³-hybridized carbons (Fsp3) is 0.161. The lowest BCUT2D eigenvalue weighted by Crippen LogP contribution is -2.55. The van der Waals surface area contributed by atoms with Crippen LogP contribution in [0.5, 0.6) is 0 Å². The summed E-state index contributed by atoms with van der Waals surface area (Å²) in [5, 5.41) is 3.77. The van der Waals surface area contributed by atoms with E-state index in [1.807, 2.05) is 0 Å². The Balaban J connectivity index is 1.86. The third-order valence-corrected chi connectivity index (χ3v) is 7.48. The summed E-state index contributed by atoms with van der Waals surface area (Å²) in [6.07, 6.45) is -11.9. The number of carbonyl (C=O) groups excluding carboxylic acids is 2. The van der Waals surface area contributed by atoms with Gasteiger partial charge in [0.15, 0.2) is 0 Å². The second-order valence-corrected chi connectivity index (χ2v) is 10.5. The molecule has 224 valence electrons. The molecule has 0 unspecified atom stereocenters. The normalized spacial score (nSPS) is 12.1. The predicted molar refractivity (Wildman–Crippen MR) is 154 cm³/mol. The average molecular weight is 639 g/mol. The first-order valence-electron chi connectivity index (χ1n) is 12.6. The molecule has 0 aliphatic carbocycles. The number of carbonyl (C=O) groups is 2. The molecular formula is C31H22Cl2F6N2O2. The summed E-state index contributed by atoms with van der Waals surface area (Å²) in [5.74, 6) is -1.33. The SMILES string of the molecule is Cc1cc(NC(=O)c2ccccc2)c(Cl)cc1C(c1cc(Cl)c(NC(=O)c2ccccc2)cc1C)(C(F)(F)F)C(F)(F)F. The maximum atomic E-state index is 15.0. The molecule has 0 saturated heterocycles. The minimum Gasteiger partial charge on any atom is -0.321 e. The number of hydrogen-bond acceptors (Lipinski definition) is 2. The fourth-order valence-corrected chi connectivity index (χ4v) is 5.27. The van der Waals surface area contributed by atoms with Gasteiger partial charge < -0.3 is 10.6 Å². The Morgan fingerprint density at radius 1 is 0.581 bits per heavy atom. The monoisotopic (exact) mass is 638 g/mol. The predicted octanol–water partition coefficient (Wildman–Crippen LogP) is 9.53. The van der Waals surface area contributed by atoms with Crippen LogP contribution in [-0.2, 0) is 5.41 Å². The zero-order valence-corrected chi connectivity index (χ0v) is 23.9. The summed E-state index contributed by atoms with van der Waals surface area (Å²) in [7, 11) is 0. The van der Waals surface area contributed by atoms with Gasteiger partial charge in [-0.1, -0.05) is 59.6 Å². The first kappa shape index (κ1) is 31.9. The van der Waals surface area contributed by atoms with Crippen molar-refractivity contribution >= 4 is 46.4 Å². The Morgan fingerprint density at radius 2 is 0.907 bits per heavy atom. The van der Waals surface area contributed by atoms with Crippen LogP contribution in [0.15, 0.2) is 84.9 Å². The van der Waals surface area contributed by atoms with E-state index in [1.165, 1.54) is 24.3 Å². The lowest BCUT2D eigenvalue weighted by molar-refractivity contribution is -0.289. The number of amides is 2. The molecule has 12 heteroatoms. The third-order valence-electron chi connectivity index (χ3n) is 6.85. The summed E-state index contributed by atoms with van der Waals surface area (Å²) in [6, 6.07) is 18.6. The summed E-state index contributed by atoms with van der Waals surface area (Å²) < 4.78 is 89.9. The van der Waals surface area contributed by atoms with E-state index in [0.717, 1.165) is 26.0 Å². The van der Waals surface area contributed by atoms with Crippen molar-refractivity contribution in [1.82, 2.24) is 0 Å². The minimum atomic E-state index is -5.93. The van der Waals surface area contributed by atoms with Crippen molar-refractivity contribution in [2.75, 3.05) is 10.6 Å². The van der Waals surface area contributed by atoms with E-state index in [-0.39, 0.29) is 22.5 Å². The quantitative estimate of drug-likeness (QED) is 0.207. The topological polar surface area (TPSA) is 58.2 Å². The zero-order chi connectivity index (χ0) is 31.7. The molecule has 0 saturated carbocycles. The number of benzene rings is 4. The molecule has 0 aliphatic heterocycles. The first-order valence-corrected chi connectivity index (χ1v) is 13.3. The molecule has 43 heavy (non-hydrogen) atoms. The highest BCUT2D eigenvalue weighted by Crippen LogP contribution is 2.58. The van der Waals surface area contributed by atoms with Crippen LogP contribution in [0.3, 0.4) is 0 Å². The van der Waals surface area contributed by atoms with Crippen molar-refractivity contribution in [2.24, 2.45) is 0 Å². The standard InChI is InChI=1S/C31H22Cl2F6N2O2/c1-17-13-25(40-27(42)19-9-5-3-6-10-19)23(32)15-21(17)29(30(34,35)36,31(37,38)39)22-16-24(33)26(14-18(22)2)41-28(43)20-11-7-4-8-12-20/h3-16H,1-2H3,(H,40,42)(H,41,43). The van der Waals surface area contributed by atoms with Gasteiger partial charge in [-0.2, -0.15) is 26.3 Å². The largest absolute Gasteiger partial charge is 0.411 e. The second kappa shape index (κ2) is 11.9. The van der Waals surface area contributed by atoms with E-state index in [9.17, 15) is 35.9 Å². The Morgan fingerprint density at radius 3 is 1.21 bits per heavy atom. The maximum absolute atomic E-state index is 15.0. The van der Waals surface area contributed by atoms with Crippen molar-refractivity contribution < 1.29 is 35.9 Å². The molecule has 0 fully saturated rings. The van der Waals surface area contributed by atoms with E-state index in [1.54, 1.807) is 36.4 Å². The molecule has 4 aromatic carbocycles. The second-order valence-electron chi connectivity index (χ2n) is 9.68. The van der Waals surface area contributed by atoms with E-state index in [4.69, 9.17) is 23.2 Å². The molecule has 0 spiro atoms. The molecule has 0 heterocycles. The van der Waals surface area contributed by atoms with E-state index >= 15 is 0 Å². The van der Waals surface area contributed by atoms with Gasteiger partial charge in [0, 0.05) is 11.1 Å². The van der Waals surface area contributed by atoms with E-state index in [2.05, 4.69) is 10.6 Å². The summed E-state index contributed by atoms with van der Waals surface area (Å²) in [5.41, 5.74) is -7.82. The van der Waals surface area contributed by atoms with Crippen molar-refractivity contribution in [3.63, 3.8) is 0 Å². The molecule has 2 amide bonds. The Labute approximate surface area is 252 Å². The lowest BCUT2D eigenvalue weighted by Gasteiger charge is -2.40. The molecule has 0 atom stereocenters. The van der Waals surface area contributed by atoms with Gasteiger partial charge in [-0.15, -0.1) is 0 Å². The van der Waals surface area contributed by atoms with Crippen LogP contribution >= 0.6 is 23.2 Å². The van der Waals surface area contributed by atoms with Crippen molar-refractivity contribution in [1.29, 1.82) is 0 Å². The highest BCUT2D eigenvalue weighted by atomic mass is 35.5. The Hall–Kier alpha value is -4.02. The van der Waals surface area contributed by atoms with Crippen LogP contribution in [-0.4, -0.2) is 24.2 Å².